The summed E-state index contributed by atoms with van der Waals surface area (Å²) >= 11 is 0. The van der Waals surface area contributed by atoms with Gasteiger partial charge in [0.2, 0.25) is 0 Å². The lowest BCUT2D eigenvalue weighted by molar-refractivity contribution is 0.818. The molecule has 0 heterocycles. The normalized spacial score (nSPS) is 7.82. The third-order valence-corrected chi connectivity index (χ3v) is 0.632. The Morgan fingerprint density at radius 3 is 1.27 bits per heavy atom. The van der Waals surface area contributed by atoms with Gasteiger partial charge in [-0.2, -0.15) is 0 Å². The Morgan fingerprint density at radius 1 is 0.818 bits per heavy atom. The van der Waals surface area contributed by atoms with Crippen LogP contribution in [0.3, 0.4) is 0 Å². The van der Waals surface area contributed by atoms with E-state index in [-0.39, 0.29) is 14.9 Å². The molecule has 0 aromatic carbocycles. The topological polar surface area (TPSA) is 24.7 Å². The van der Waals surface area contributed by atoms with Crippen LogP contribution in [0.1, 0.15) is 42.5 Å². The third-order valence-electron chi connectivity index (χ3n) is 0.632. The predicted octanol–water partition coefficient (Wildman–Crippen LogP) is 3.25. The van der Waals surface area contributed by atoms with Crippen LogP contribution in [0.15, 0.2) is 9.98 Å². The highest BCUT2D eigenvalue weighted by Crippen LogP contribution is 1.84. The number of hydrogen-bond donors (Lipinski definition) is 0. The van der Waals surface area contributed by atoms with Crippen LogP contribution in [-0.4, -0.2) is 18.1 Å². The number of nitrogens with zero attached hydrogens (tertiary/aromatic N) is 2. The van der Waals surface area contributed by atoms with Crippen molar-refractivity contribution in [3.8, 4) is 0 Å². The fraction of sp³-hybridized carbons (Fsp3) is 0.889. The fourth-order valence-electron chi connectivity index (χ4n) is 0.264. The van der Waals surface area contributed by atoms with Crippen LogP contribution in [0.4, 0.5) is 0 Å². The molecule has 11 heavy (non-hydrogen) atoms. The third kappa shape index (κ3) is 17.7. The molecule has 0 amide bonds. The molecule has 2 nitrogen and oxygen atoms in total. The van der Waals surface area contributed by atoms with Crippen molar-refractivity contribution >= 4 is 6.01 Å². The maximum atomic E-state index is 3.95. The first-order valence-corrected chi connectivity index (χ1v) is 3.27. The molecule has 0 rings (SSSR count). The predicted molar refractivity (Wildman–Crippen MR) is 53.6 cm³/mol. The summed E-state index contributed by atoms with van der Waals surface area (Å²) in [4.78, 5) is 7.90. The fourth-order valence-corrected chi connectivity index (χ4v) is 0.264. The first-order chi connectivity index (χ1) is 4.13. The van der Waals surface area contributed by atoms with E-state index in [1.807, 2.05) is 27.7 Å². The average Bonchev–Trinajstić information content (AvgIpc) is 1.63. The summed E-state index contributed by atoms with van der Waals surface area (Å²) in [5.41, 5.74) is 0. The summed E-state index contributed by atoms with van der Waals surface area (Å²) in [6.45, 7) is 8.01. The first kappa shape index (κ1) is 16.8. The molecule has 0 aliphatic carbocycles. The Bertz CT molecular complexity index is 108. The minimum atomic E-state index is 0. The molecular formula is C9H22N2. The highest BCUT2D eigenvalue weighted by molar-refractivity contribution is 5.41. The number of aliphatic imine (C=N–C) groups is 2. The molecule has 0 atom stereocenters. The van der Waals surface area contributed by atoms with Gasteiger partial charge in [0, 0.05) is 0 Å². The molecular weight excluding hydrogens is 136 g/mol. The molecule has 0 radical (unpaired) electrons. The van der Waals surface area contributed by atoms with Crippen molar-refractivity contribution in [1.82, 2.24) is 0 Å². The maximum absolute atomic E-state index is 3.95. The summed E-state index contributed by atoms with van der Waals surface area (Å²) in [5, 5.41) is 0. The Hall–Kier alpha value is -0.620. The molecule has 0 spiro atoms. The zero-order valence-electron chi connectivity index (χ0n) is 6.55. The molecule has 68 valence electrons. The summed E-state index contributed by atoms with van der Waals surface area (Å²) in [6.07, 6.45) is 0. The van der Waals surface area contributed by atoms with Gasteiger partial charge in [-0.1, -0.05) is 14.9 Å². The average molecular weight is 158 g/mol. The van der Waals surface area contributed by atoms with E-state index in [9.17, 15) is 0 Å². The van der Waals surface area contributed by atoms with Gasteiger partial charge in [0.1, 0.15) is 0 Å². The second-order valence-corrected chi connectivity index (χ2v) is 2.55. The molecule has 0 unspecified atom stereocenters. The minimum Gasteiger partial charge on any atom is -0.223 e. The monoisotopic (exact) mass is 158 g/mol. The van der Waals surface area contributed by atoms with Gasteiger partial charge in [-0.3, -0.25) is 0 Å². The lowest BCUT2D eigenvalue weighted by Gasteiger charge is -1.89. The van der Waals surface area contributed by atoms with Gasteiger partial charge in [-0.05, 0) is 27.7 Å². The summed E-state index contributed by atoms with van der Waals surface area (Å²) in [6, 6.07) is 3.26. The van der Waals surface area contributed by atoms with E-state index in [1.54, 1.807) is 0 Å². The Labute approximate surface area is 71.5 Å². The van der Waals surface area contributed by atoms with Gasteiger partial charge in [-0.25, -0.2) is 9.98 Å². The van der Waals surface area contributed by atoms with Crippen LogP contribution in [0.2, 0.25) is 0 Å². The second kappa shape index (κ2) is 9.38. The first-order valence-electron chi connectivity index (χ1n) is 3.27. The molecule has 0 aliphatic heterocycles. The van der Waals surface area contributed by atoms with Gasteiger partial charge in [0.25, 0.3) is 0 Å². The van der Waals surface area contributed by atoms with E-state index >= 15 is 0 Å². The van der Waals surface area contributed by atoms with Crippen molar-refractivity contribution in [2.45, 2.75) is 54.6 Å². The van der Waals surface area contributed by atoms with Crippen molar-refractivity contribution in [3.63, 3.8) is 0 Å². The van der Waals surface area contributed by atoms with Crippen LogP contribution in [-0.2, 0) is 0 Å². The minimum absolute atomic E-state index is 0. The highest BCUT2D eigenvalue weighted by atomic mass is 14.8. The van der Waals surface area contributed by atoms with E-state index in [0.29, 0.717) is 12.1 Å². The van der Waals surface area contributed by atoms with Gasteiger partial charge in [0.15, 0.2) is 0 Å². The van der Waals surface area contributed by atoms with E-state index in [4.69, 9.17) is 0 Å². The van der Waals surface area contributed by atoms with E-state index in [0.717, 1.165) is 0 Å². The SMILES string of the molecule is C.C.CC(C)N=C=NC(C)C. The van der Waals surface area contributed by atoms with Crippen molar-refractivity contribution in [2.24, 2.45) is 9.98 Å². The zero-order valence-corrected chi connectivity index (χ0v) is 6.55. The molecule has 0 saturated carbocycles. The van der Waals surface area contributed by atoms with Crippen molar-refractivity contribution in [3.05, 3.63) is 0 Å². The number of hydrogen-bond acceptors (Lipinski definition) is 2. The molecule has 0 bridgehead atoms. The van der Waals surface area contributed by atoms with Crippen LogP contribution < -0.4 is 0 Å². The van der Waals surface area contributed by atoms with Crippen LogP contribution in [0.25, 0.3) is 0 Å². The number of rotatable bonds is 2. The zero-order chi connectivity index (χ0) is 7.28. The highest BCUT2D eigenvalue weighted by Gasteiger charge is 1.82. The Morgan fingerprint density at radius 2 is 1.09 bits per heavy atom. The lowest BCUT2D eigenvalue weighted by Crippen LogP contribution is -1.88. The van der Waals surface area contributed by atoms with Crippen LogP contribution >= 0.6 is 0 Å². The van der Waals surface area contributed by atoms with Crippen LogP contribution in [0, 0.1) is 0 Å². The standard InChI is InChI=1S/C7H14N2.2CH4/c1-6(2)8-5-9-7(3)4;;/h6-7H,1-4H3;2*1H4. The van der Waals surface area contributed by atoms with E-state index < -0.39 is 0 Å². The van der Waals surface area contributed by atoms with Gasteiger partial charge in [0.05, 0.1) is 18.1 Å². The van der Waals surface area contributed by atoms with Gasteiger partial charge < -0.3 is 0 Å². The van der Waals surface area contributed by atoms with Crippen LogP contribution in [0.5, 0.6) is 0 Å². The molecule has 0 fully saturated rings. The molecule has 0 saturated heterocycles. The molecule has 0 aromatic heterocycles. The smallest absolute Gasteiger partial charge is 0.0897 e. The Kier molecular flexibility index (Phi) is 14.3. The van der Waals surface area contributed by atoms with E-state index in [1.165, 1.54) is 0 Å². The quantitative estimate of drug-likeness (QED) is 0.551. The maximum Gasteiger partial charge on any atom is 0.0897 e. The van der Waals surface area contributed by atoms with E-state index in [2.05, 4.69) is 16.0 Å². The summed E-state index contributed by atoms with van der Waals surface area (Å²) in [7, 11) is 0. The van der Waals surface area contributed by atoms with Crippen molar-refractivity contribution in [1.29, 1.82) is 0 Å². The lowest BCUT2D eigenvalue weighted by atomic mass is 10.4. The summed E-state index contributed by atoms with van der Waals surface area (Å²) < 4.78 is 0. The second-order valence-electron chi connectivity index (χ2n) is 2.55. The largest absolute Gasteiger partial charge is 0.223 e. The molecule has 0 aromatic rings. The Balaban J connectivity index is -0.000000320. The summed E-state index contributed by atoms with van der Waals surface area (Å²) in [5.74, 6) is 0. The van der Waals surface area contributed by atoms with Crippen molar-refractivity contribution < 1.29 is 0 Å². The molecule has 0 aliphatic rings. The molecule has 2 heteroatoms. The van der Waals surface area contributed by atoms with Gasteiger partial charge in [-0.15, -0.1) is 0 Å². The van der Waals surface area contributed by atoms with Gasteiger partial charge >= 0.3 is 0 Å². The molecule has 0 N–H and O–H groups in total. The van der Waals surface area contributed by atoms with Crippen molar-refractivity contribution in [2.75, 3.05) is 0 Å².